The van der Waals surface area contributed by atoms with E-state index in [1.165, 1.54) is 12.5 Å². The first-order valence-electron chi connectivity index (χ1n) is 18.1. The second-order valence-corrected chi connectivity index (χ2v) is 18.4. The highest BCUT2D eigenvalue weighted by molar-refractivity contribution is 5.66. The smallest absolute Gasteiger partial charge is 0.303 e. The van der Waals surface area contributed by atoms with Crippen LogP contribution in [-0.4, -0.2) is 104 Å². The van der Waals surface area contributed by atoms with E-state index in [2.05, 4.69) is 40.7 Å². The summed E-state index contributed by atoms with van der Waals surface area (Å²) in [6.45, 7) is 15.2. The standard InChI is InChI=1S/C37H58O11/c1-18-15-21(28(32(5,6)43)46-19(2)38)48-37(44)27(18)33(7)13-14-36-17-35(36)12-11-24(47-29-26(41)25(40)20(39)16-45-29)31(3,4)22(35)9-10-23(36)34(33,8)30(37)42/h10,18,20-22,24-30,39-44H,9,11-17H2,1-8H3/t18-,20-,21-,22?,24+,25+,26-,27-,28+,29+,30-,33-,34-,35-,36+,37-/m1/s1. The molecule has 1 unspecified atom stereocenters. The molecular weight excluding hydrogens is 620 g/mol. The molecule has 2 saturated heterocycles. The van der Waals surface area contributed by atoms with Gasteiger partial charge in [-0.25, -0.2) is 0 Å². The van der Waals surface area contributed by atoms with Gasteiger partial charge in [-0.1, -0.05) is 46.3 Å². The summed E-state index contributed by atoms with van der Waals surface area (Å²) in [5.41, 5.74) is -1.83. The fourth-order valence-electron chi connectivity index (χ4n) is 13.0. The van der Waals surface area contributed by atoms with E-state index in [0.29, 0.717) is 6.42 Å². The second kappa shape index (κ2) is 10.7. The molecule has 2 aliphatic heterocycles. The third-order valence-electron chi connectivity index (χ3n) is 15.2. The molecule has 4 saturated carbocycles. The van der Waals surface area contributed by atoms with E-state index in [9.17, 15) is 35.4 Å². The maximum Gasteiger partial charge on any atom is 0.303 e. The molecule has 6 N–H and O–H groups in total. The minimum Gasteiger partial charge on any atom is -0.457 e. The molecule has 0 aromatic rings. The van der Waals surface area contributed by atoms with Crippen molar-refractivity contribution in [2.24, 2.45) is 44.8 Å². The lowest BCUT2D eigenvalue weighted by Gasteiger charge is -2.60. The average Bonchev–Trinajstić information content (AvgIpc) is 3.62. The summed E-state index contributed by atoms with van der Waals surface area (Å²) >= 11 is 0. The third-order valence-corrected chi connectivity index (χ3v) is 15.2. The van der Waals surface area contributed by atoms with Gasteiger partial charge in [0, 0.05) is 18.3 Å². The van der Waals surface area contributed by atoms with Crippen LogP contribution in [0.3, 0.4) is 0 Å². The molecular formula is C37H58O11. The van der Waals surface area contributed by atoms with Crippen LogP contribution in [0.15, 0.2) is 11.6 Å². The number of esters is 1. The number of ether oxygens (including phenoxy) is 4. The highest BCUT2D eigenvalue weighted by Crippen LogP contribution is 2.88. The Kier molecular flexibility index (Phi) is 7.86. The van der Waals surface area contributed by atoms with Gasteiger partial charge in [0.25, 0.3) is 0 Å². The average molecular weight is 679 g/mol. The molecule has 0 amide bonds. The summed E-state index contributed by atoms with van der Waals surface area (Å²) in [5.74, 6) is -2.63. The minimum absolute atomic E-state index is 0.0129. The first-order valence-corrected chi connectivity index (χ1v) is 18.1. The van der Waals surface area contributed by atoms with Crippen molar-refractivity contribution >= 4 is 5.97 Å². The highest BCUT2D eigenvalue weighted by Gasteiger charge is 2.85. The number of hydrogen-bond donors (Lipinski definition) is 6. The minimum atomic E-state index is -1.90. The fourth-order valence-corrected chi connectivity index (χ4v) is 13.0. The summed E-state index contributed by atoms with van der Waals surface area (Å²) in [6.07, 6.45) is -0.0661. The van der Waals surface area contributed by atoms with Gasteiger partial charge in [-0.3, -0.25) is 4.79 Å². The third kappa shape index (κ3) is 4.35. The van der Waals surface area contributed by atoms with Gasteiger partial charge >= 0.3 is 5.97 Å². The van der Waals surface area contributed by atoms with E-state index in [-0.39, 0.29) is 46.7 Å². The number of rotatable bonds is 5. The van der Waals surface area contributed by atoms with Crippen molar-refractivity contribution in [2.75, 3.05) is 6.61 Å². The Bertz CT molecular complexity index is 1360. The van der Waals surface area contributed by atoms with Crippen molar-refractivity contribution in [2.45, 2.75) is 161 Å². The van der Waals surface area contributed by atoms with Gasteiger partial charge in [0.15, 0.2) is 18.2 Å². The molecule has 11 nitrogen and oxygen atoms in total. The Balaban J connectivity index is 1.20. The highest BCUT2D eigenvalue weighted by atomic mass is 16.7. The van der Waals surface area contributed by atoms with Crippen LogP contribution in [-0.2, 0) is 23.7 Å². The number of hydrogen-bond acceptors (Lipinski definition) is 11. The number of aliphatic hydroxyl groups excluding tert-OH is 4. The van der Waals surface area contributed by atoms with Crippen molar-refractivity contribution in [3.8, 4) is 0 Å². The largest absolute Gasteiger partial charge is 0.457 e. The lowest BCUT2D eigenvalue weighted by atomic mass is 9.44. The van der Waals surface area contributed by atoms with Crippen molar-refractivity contribution in [1.82, 2.24) is 0 Å². The molecule has 0 radical (unpaired) electrons. The van der Waals surface area contributed by atoms with E-state index in [1.807, 2.05) is 0 Å². The van der Waals surface area contributed by atoms with Gasteiger partial charge in [0.2, 0.25) is 0 Å². The summed E-state index contributed by atoms with van der Waals surface area (Å²) in [5, 5.41) is 66.9. The summed E-state index contributed by atoms with van der Waals surface area (Å²) in [6, 6.07) is 0. The van der Waals surface area contributed by atoms with Crippen LogP contribution in [0.1, 0.15) is 100 Å². The molecule has 2 heterocycles. The molecule has 0 aromatic heterocycles. The number of aliphatic hydroxyl groups is 6. The maximum atomic E-state index is 12.6. The molecule has 6 fully saturated rings. The van der Waals surface area contributed by atoms with Gasteiger partial charge in [-0.15, -0.1) is 0 Å². The van der Waals surface area contributed by atoms with Crippen LogP contribution in [0.25, 0.3) is 0 Å². The quantitative estimate of drug-likeness (QED) is 0.186. The molecule has 5 aliphatic carbocycles. The zero-order valence-corrected chi connectivity index (χ0v) is 29.8. The first kappa shape index (κ1) is 35.3. The molecule has 7 rings (SSSR count). The van der Waals surface area contributed by atoms with Gasteiger partial charge < -0.3 is 49.6 Å². The molecule has 0 bridgehead atoms. The van der Waals surface area contributed by atoms with E-state index in [4.69, 9.17) is 18.9 Å². The molecule has 11 heteroatoms. The van der Waals surface area contributed by atoms with Crippen LogP contribution in [0.4, 0.5) is 0 Å². The van der Waals surface area contributed by atoms with Gasteiger partial charge in [-0.05, 0) is 92.3 Å². The van der Waals surface area contributed by atoms with Crippen molar-refractivity contribution in [1.29, 1.82) is 0 Å². The van der Waals surface area contributed by atoms with Crippen LogP contribution in [0.2, 0.25) is 0 Å². The molecule has 272 valence electrons. The topological polar surface area (TPSA) is 175 Å². The predicted octanol–water partition coefficient (Wildman–Crippen LogP) is 2.57. The maximum absolute atomic E-state index is 12.6. The second-order valence-electron chi connectivity index (χ2n) is 18.4. The predicted molar refractivity (Wildman–Crippen MR) is 172 cm³/mol. The number of carbonyl (C=O) groups is 1. The number of carbonyl (C=O) groups excluding carboxylic acids is 1. The van der Waals surface area contributed by atoms with Crippen LogP contribution in [0.5, 0.6) is 0 Å². The van der Waals surface area contributed by atoms with E-state index in [0.717, 1.165) is 38.5 Å². The zero-order valence-electron chi connectivity index (χ0n) is 29.8. The fraction of sp³-hybridized carbons (Fsp3) is 0.919. The Morgan fingerprint density at radius 3 is 2.40 bits per heavy atom. The molecule has 48 heavy (non-hydrogen) atoms. The molecule has 7 aliphatic rings. The monoisotopic (exact) mass is 678 g/mol. The van der Waals surface area contributed by atoms with Crippen molar-refractivity contribution in [3.63, 3.8) is 0 Å². The number of fused-ring (bicyclic) bond motifs is 4. The van der Waals surface area contributed by atoms with Gasteiger partial charge in [0.1, 0.15) is 30.5 Å². The molecule has 16 atom stereocenters. The Morgan fingerprint density at radius 1 is 1.06 bits per heavy atom. The zero-order chi connectivity index (χ0) is 35.2. The molecule has 0 aromatic carbocycles. The van der Waals surface area contributed by atoms with Crippen LogP contribution < -0.4 is 0 Å². The van der Waals surface area contributed by atoms with Crippen LogP contribution in [0, 0.1) is 44.8 Å². The van der Waals surface area contributed by atoms with Crippen LogP contribution >= 0.6 is 0 Å². The van der Waals surface area contributed by atoms with Crippen molar-refractivity contribution in [3.05, 3.63) is 11.6 Å². The van der Waals surface area contributed by atoms with E-state index < -0.39 is 71.1 Å². The lowest BCUT2D eigenvalue weighted by Crippen LogP contribution is -2.61. The Morgan fingerprint density at radius 2 is 1.75 bits per heavy atom. The Labute approximate surface area is 284 Å². The van der Waals surface area contributed by atoms with Gasteiger partial charge in [0.05, 0.1) is 18.3 Å². The molecule has 2 spiro atoms. The number of allylic oxidation sites excluding steroid dienone is 1. The first-order chi connectivity index (χ1) is 22.1. The van der Waals surface area contributed by atoms with E-state index in [1.54, 1.807) is 13.8 Å². The summed E-state index contributed by atoms with van der Waals surface area (Å²) in [7, 11) is 0. The summed E-state index contributed by atoms with van der Waals surface area (Å²) < 4.78 is 24.2. The lowest BCUT2D eigenvalue weighted by molar-refractivity contribution is -0.341. The normalized spacial score (nSPS) is 54.4. The van der Waals surface area contributed by atoms with E-state index >= 15 is 0 Å². The summed E-state index contributed by atoms with van der Waals surface area (Å²) in [4.78, 5) is 12.1. The Hall–Kier alpha value is -1.15. The SMILES string of the molecule is CC(=O)O[C@@H]([C@H]1C[C@@H](C)[C@H]2[C@@](O)(O1)[C@H](O)[C@@]1(C)C3=CCC4C(C)(C)[C@@H](O[C@@H]5OC[C@@H](O)[C@H](O)[C@H]5O)CC[C@@]45C[C@@]35CC[C@]21C)C(C)(C)O. The van der Waals surface area contributed by atoms with Crippen molar-refractivity contribution < 1.29 is 54.4 Å². The van der Waals surface area contributed by atoms with Gasteiger partial charge in [-0.2, -0.15) is 0 Å².